The van der Waals surface area contributed by atoms with Crippen LogP contribution in [-0.2, 0) is 11.3 Å². The number of thioether (sulfide) groups is 1. The molecular formula is C23H28N4OS. The average Bonchev–Trinajstić information content (AvgIpc) is 3.15. The summed E-state index contributed by atoms with van der Waals surface area (Å²) in [6.45, 7) is 7.03. The van der Waals surface area contributed by atoms with Crippen molar-refractivity contribution in [2.75, 3.05) is 5.75 Å². The molecule has 2 aromatic carbocycles. The molecule has 0 aliphatic heterocycles. The molecule has 0 radical (unpaired) electrons. The van der Waals surface area contributed by atoms with Gasteiger partial charge in [0.05, 0.1) is 11.8 Å². The number of carbonyl (C=O) groups excluding carboxylic acids is 1. The quantitative estimate of drug-likeness (QED) is 0.505. The van der Waals surface area contributed by atoms with Gasteiger partial charge in [-0.3, -0.25) is 4.79 Å². The fourth-order valence-corrected chi connectivity index (χ4v) is 4.18. The van der Waals surface area contributed by atoms with Gasteiger partial charge in [0.2, 0.25) is 5.91 Å². The number of aromatic nitrogens is 3. The van der Waals surface area contributed by atoms with Crippen LogP contribution in [0.15, 0.2) is 59.8 Å². The van der Waals surface area contributed by atoms with Gasteiger partial charge in [-0.1, -0.05) is 79.7 Å². The second-order valence-corrected chi connectivity index (χ2v) is 7.92. The van der Waals surface area contributed by atoms with Crippen LogP contribution in [-0.4, -0.2) is 26.4 Å². The summed E-state index contributed by atoms with van der Waals surface area (Å²) in [5.74, 6) is 1.18. The standard InChI is InChI=1S/C23H28N4OS/c1-4-11-20(18-13-7-6-8-14-18)24-21(28)16-29-23-26-25-22(27(23)5-2)19-15-10-9-12-17(19)3/h6-10,12-15,20H,4-5,11,16H2,1-3H3,(H,24,28)/t20-/m0/s1. The molecule has 0 bridgehead atoms. The van der Waals surface area contributed by atoms with Crippen LogP contribution in [0.5, 0.6) is 0 Å². The maximum Gasteiger partial charge on any atom is 0.230 e. The Morgan fingerprint density at radius 1 is 1.07 bits per heavy atom. The molecule has 0 saturated carbocycles. The summed E-state index contributed by atoms with van der Waals surface area (Å²) in [4.78, 5) is 12.6. The lowest BCUT2D eigenvalue weighted by Crippen LogP contribution is -2.30. The molecule has 1 aromatic heterocycles. The first kappa shape index (κ1) is 21.1. The van der Waals surface area contributed by atoms with Crippen molar-refractivity contribution in [3.05, 3.63) is 65.7 Å². The Bertz CT molecular complexity index is 939. The summed E-state index contributed by atoms with van der Waals surface area (Å²) < 4.78 is 2.07. The Labute approximate surface area is 176 Å². The predicted octanol–water partition coefficient (Wildman–Crippen LogP) is 5.02. The van der Waals surface area contributed by atoms with Crippen LogP contribution in [0, 0.1) is 6.92 Å². The first-order valence-electron chi connectivity index (χ1n) is 10.1. The summed E-state index contributed by atoms with van der Waals surface area (Å²) in [5.41, 5.74) is 3.38. The van der Waals surface area contributed by atoms with E-state index >= 15 is 0 Å². The molecule has 3 rings (SSSR count). The molecule has 0 spiro atoms. The zero-order chi connectivity index (χ0) is 20.6. The van der Waals surface area contributed by atoms with Gasteiger partial charge in [0.1, 0.15) is 0 Å². The lowest BCUT2D eigenvalue weighted by Gasteiger charge is -2.18. The highest BCUT2D eigenvalue weighted by atomic mass is 32.2. The van der Waals surface area contributed by atoms with Crippen molar-refractivity contribution in [3.63, 3.8) is 0 Å². The number of aryl methyl sites for hydroxylation is 1. The number of rotatable bonds is 9. The van der Waals surface area contributed by atoms with E-state index in [1.807, 2.05) is 30.3 Å². The lowest BCUT2D eigenvalue weighted by atomic mass is 10.0. The van der Waals surface area contributed by atoms with Gasteiger partial charge in [-0.25, -0.2) is 0 Å². The first-order valence-corrected chi connectivity index (χ1v) is 11.1. The van der Waals surface area contributed by atoms with Gasteiger partial charge >= 0.3 is 0 Å². The number of benzene rings is 2. The van der Waals surface area contributed by atoms with E-state index in [9.17, 15) is 4.79 Å². The Morgan fingerprint density at radius 2 is 1.79 bits per heavy atom. The Kier molecular flexibility index (Phi) is 7.47. The van der Waals surface area contributed by atoms with Gasteiger partial charge in [0.15, 0.2) is 11.0 Å². The fraction of sp³-hybridized carbons (Fsp3) is 0.348. The SMILES string of the molecule is CCC[C@H](NC(=O)CSc1nnc(-c2ccccc2C)n1CC)c1ccccc1. The molecule has 6 heteroatoms. The largest absolute Gasteiger partial charge is 0.349 e. The summed E-state index contributed by atoms with van der Waals surface area (Å²) in [5, 5.41) is 12.7. The molecule has 1 atom stereocenters. The number of amides is 1. The van der Waals surface area contributed by atoms with Crippen molar-refractivity contribution in [1.82, 2.24) is 20.1 Å². The van der Waals surface area contributed by atoms with E-state index in [2.05, 4.69) is 65.1 Å². The van der Waals surface area contributed by atoms with Crippen LogP contribution >= 0.6 is 11.8 Å². The molecular weight excluding hydrogens is 380 g/mol. The van der Waals surface area contributed by atoms with Crippen LogP contribution < -0.4 is 5.32 Å². The minimum Gasteiger partial charge on any atom is -0.349 e. The molecule has 29 heavy (non-hydrogen) atoms. The van der Waals surface area contributed by atoms with Gasteiger partial charge in [-0.15, -0.1) is 10.2 Å². The van der Waals surface area contributed by atoms with E-state index < -0.39 is 0 Å². The Balaban J connectivity index is 1.68. The van der Waals surface area contributed by atoms with Gasteiger partial charge in [-0.2, -0.15) is 0 Å². The molecule has 0 unspecified atom stereocenters. The zero-order valence-electron chi connectivity index (χ0n) is 17.3. The van der Waals surface area contributed by atoms with Crippen LogP contribution in [0.4, 0.5) is 0 Å². The van der Waals surface area contributed by atoms with Gasteiger partial charge in [0.25, 0.3) is 0 Å². The number of nitrogens with zero attached hydrogens (tertiary/aromatic N) is 3. The number of nitrogens with one attached hydrogen (secondary N) is 1. The summed E-state index contributed by atoms with van der Waals surface area (Å²) in [6.07, 6.45) is 1.93. The molecule has 0 aliphatic carbocycles. The highest BCUT2D eigenvalue weighted by Gasteiger charge is 2.17. The van der Waals surface area contributed by atoms with Gasteiger partial charge in [-0.05, 0) is 31.4 Å². The maximum absolute atomic E-state index is 12.6. The van der Waals surface area contributed by atoms with E-state index in [1.165, 1.54) is 11.8 Å². The molecule has 1 amide bonds. The van der Waals surface area contributed by atoms with E-state index in [4.69, 9.17) is 0 Å². The maximum atomic E-state index is 12.6. The monoisotopic (exact) mass is 408 g/mol. The van der Waals surface area contributed by atoms with Crippen LogP contribution in [0.3, 0.4) is 0 Å². The number of hydrogen-bond donors (Lipinski definition) is 1. The van der Waals surface area contributed by atoms with Crippen molar-refractivity contribution in [1.29, 1.82) is 0 Å². The molecule has 3 aromatic rings. The molecule has 0 saturated heterocycles. The lowest BCUT2D eigenvalue weighted by molar-refractivity contribution is -0.119. The molecule has 0 aliphatic rings. The molecule has 5 nitrogen and oxygen atoms in total. The summed E-state index contributed by atoms with van der Waals surface area (Å²) >= 11 is 1.43. The highest BCUT2D eigenvalue weighted by molar-refractivity contribution is 7.99. The summed E-state index contributed by atoms with van der Waals surface area (Å²) in [6, 6.07) is 18.3. The first-order chi connectivity index (χ1) is 14.1. The van der Waals surface area contributed by atoms with Crippen molar-refractivity contribution < 1.29 is 4.79 Å². The predicted molar refractivity (Wildman–Crippen MR) is 119 cm³/mol. The van der Waals surface area contributed by atoms with Crippen LogP contribution in [0.25, 0.3) is 11.4 Å². The fourth-order valence-electron chi connectivity index (χ4n) is 3.37. The molecule has 0 fully saturated rings. The van der Waals surface area contributed by atoms with Crippen molar-refractivity contribution in [2.45, 2.75) is 51.4 Å². The Hall–Kier alpha value is -2.60. The van der Waals surface area contributed by atoms with Crippen molar-refractivity contribution >= 4 is 17.7 Å². The average molecular weight is 409 g/mol. The molecule has 1 N–H and O–H groups in total. The second kappa shape index (κ2) is 10.3. The Morgan fingerprint density at radius 3 is 2.48 bits per heavy atom. The van der Waals surface area contributed by atoms with Gasteiger partial charge < -0.3 is 9.88 Å². The third kappa shape index (κ3) is 5.26. The number of hydrogen-bond acceptors (Lipinski definition) is 4. The van der Waals surface area contributed by atoms with Crippen molar-refractivity contribution in [3.8, 4) is 11.4 Å². The van der Waals surface area contributed by atoms with E-state index in [0.29, 0.717) is 5.75 Å². The van der Waals surface area contributed by atoms with Crippen LogP contribution in [0.1, 0.15) is 43.9 Å². The highest BCUT2D eigenvalue weighted by Crippen LogP contribution is 2.26. The smallest absolute Gasteiger partial charge is 0.230 e. The topological polar surface area (TPSA) is 59.8 Å². The zero-order valence-corrected chi connectivity index (χ0v) is 18.1. The minimum atomic E-state index is 0.0143. The normalized spacial score (nSPS) is 12.0. The third-order valence-electron chi connectivity index (χ3n) is 4.87. The minimum absolute atomic E-state index is 0.0143. The van der Waals surface area contributed by atoms with E-state index in [1.54, 1.807) is 0 Å². The molecule has 1 heterocycles. The summed E-state index contributed by atoms with van der Waals surface area (Å²) in [7, 11) is 0. The van der Waals surface area contributed by atoms with E-state index in [-0.39, 0.29) is 11.9 Å². The van der Waals surface area contributed by atoms with E-state index in [0.717, 1.165) is 47.1 Å². The second-order valence-electron chi connectivity index (χ2n) is 6.97. The van der Waals surface area contributed by atoms with Crippen LogP contribution in [0.2, 0.25) is 0 Å². The third-order valence-corrected chi connectivity index (χ3v) is 5.83. The molecule has 152 valence electrons. The number of carbonyl (C=O) groups is 1. The van der Waals surface area contributed by atoms with Gasteiger partial charge in [0, 0.05) is 12.1 Å². The van der Waals surface area contributed by atoms with Crippen molar-refractivity contribution in [2.24, 2.45) is 0 Å².